The van der Waals surface area contributed by atoms with E-state index in [0.717, 1.165) is 11.1 Å². The molecule has 100 valence electrons. The summed E-state index contributed by atoms with van der Waals surface area (Å²) in [5.74, 6) is 0.399. The Bertz CT molecular complexity index is 447. The smallest absolute Gasteiger partial charge is 0.237 e. The molecule has 0 saturated heterocycles. The highest BCUT2D eigenvalue weighted by molar-refractivity contribution is 6.31. The number of hydrogen-bond donors (Lipinski definition) is 2. The lowest BCUT2D eigenvalue weighted by Crippen LogP contribution is -2.41. The second-order valence-electron chi connectivity index (χ2n) is 4.61. The fourth-order valence-corrected chi connectivity index (χ4v) is 1.96. The molecule has 1 atom stereocenters. The molecule has 0 aliphatic rings. The van der Waals surface area contributed by atoms with Gasteiger partial charge in [-0.05, 0) is 36.1 Å². The second-order valence-corrected chi connectivity index (χ2v) is 5.02. The van der Waals surface area contributed by atoms with Crippen LogP contribution in [-0.2, 0) is 4.79 Å². The highest BCUT2D eigenvalue weighted by Gasteiger charge is 2.13. The standard InChI is InChI=1S/C13H19ClN2O2/c1-7(2)9-5-12(8(3)4-10(9)14)18-6-11(15)13(16)17/h4-5,7,11H,6,15H2,1-3H3,(H2,16,17). The first-order valence-corrected chi connectivity index (χ1v) is 6.18. The number of primary amides is 1. The van der Waals surface area contributed by atoms with Gasteiger partial charge < -0.3 is 16.2 Å². The van der Waals surface area contributed by atoms with Crippen LogP contribution in [0.25, 0.3) is 0 Å². The molecule has 5 heteroatoms. The van der Waals surface area contributed by atoms with E-state index in [0.29, 0.717) is 16.7 Å². The lowest BCUT2D eigenvalue weighted by atomic mass is 10.0. The molecule has 1 unspecified atom stereocenters. The number of amides is 1. The Balaban J connectivity index is 2.89. The third kappa shape index (κ3) is 3.62. The molecule has 1 rings (SSSR count). The first-order valence-electron chi connectivity index (χ1n) is 5.80. The Morgan fingerprint density at radius 1 is 1.44 bits per heavy atom. The van der Waals surface area contributed by atoms with E-state index >= 15 is 0 Å². The van der Waals surface area contributed by atoms with Gasteiger partial charge in [-0.1, -0.05) is 25.4 Å². The van der Waals surface area contributed by atoms with Crippen LogP contribution in [0.4, 0.5) is 0 Å². The number of hydrogen-bond acceptors (Lipinski definition) is 3. The van der Waals surface area contributed by atoms with Gasteiger partial charge in [-0.25, -0.2) is 0 Å². The van der Waals surface area contributed by atoms with Gasteiger partial charge in [-0.3, -0.25) is 4.79 Å². The fourth-order valence-electron chi connectivity index (χ4n) is 1.53. The maximum atomic E-state index is 10.8. The van der Waals surface area contributed by atoms with E-state index in [2.05, 4.69) is 13.8 Å². The molecular weight excluding hydrogens is 252 g/mol. The zero-order valence-corrected chi connectivity index (χ0v) is 11.6. The van der Waals surface area contributed by atoms with Crippen LogP contribution in [0, 0.1) is 6.92 Å². The monoisotopic (exact) mass is 270 g/mol. The summed E-state index contributed by atoms with van der Waals surface area (Å²) < 4.78 is 5.52. The van der Waals surface area contributed by atoms with Crippen molar-refractivity contribution in [1.82, 2.24) is 0 Å². The van der Waals surface area contributed by atoms with Gasteiger partial charge in [0, 0.05) is 5.02 Å². The summed E-state index contributed by atoms with van der Waals surface area (Å²) in [7, 11) is 0. The van der Waals surface area contributed by atoms with Crippen LogP contribution in [-0.4, -0.2) is 18.6 Å². The van der Waals surface area contributed by atoms with E-state index in [9.17, 15) is 4.79 Å². The van der Waals surface area contributed by atoms with Gasteiger partial charge in [0.15, 0.2) is 0 Å². The SMILES string of the molecule is Cc1cc(Cl)c(C(C)C)cc1OCC(N)C(N)=O. The highest BCUT2D eigenvalue weighted by Crippen LogP contribution is 2.31. The molecule has 0 spiro atoms. The van der Waals surface area contributed by atoms with E-state index < -0.39 is 11.9 Å². The van der Waals surface area contributed by atoms with Gasteiger partial charge in [0.05, 0.1) is 0 Å². The molecule has 1 amide bonds. The molecule has 0 radical (unpaired) electrons. The molecule has 0 bridgehead atoms. The number of ether oxygens (including phenoxy) is 1. The molecule has 1 aromatic carbocycles. The Morgan fingerprint density at radius 2 is 2.06 bits per heavy atom. The molecule has 0 aromatic heterocycles. The van der Waals surface area contributed by atoms with Gasteiger partial charge in [0.2, 0.25) is 5.91 Å². The third-order valence-corrected chi connectivity index (χ3v) is 3.03. The van der Waals surface area contributed by atoms with E-state index in [1.165, 1.54) is 0 Å². The summed E-state index contributed by atoms with van der Waals surface area (Å²) in [5, 5.41) is 0.717. The topological polar surface area (TPSA) is 78.3 Å². The minimum absolute atomic E-state index is 0.0648. The van der Waals surface area contributed by atoms with Crippen molar-refractivity contribution in [2.75, 3.05) is 6.61 Å². The fraction of sp³-hybridized carbons (Fsp3) is 0.462. The molecular formula is C13H19ClN2O2. The Labute approximate surface area is 112 Å². The summed E-state index contributed by atoms with van der Waals surface area (Å²) in [4.78, 5) is 10.8. The molecule has 0 aliphatic heterocycles. The van der Waals surface area contributed by atoms with E-state index in [1.54, 1.807) is 0 Å². The lowest BCUT2D eigenvalue weighted by molar-refractivity contribution is -0.119. The molecule has 0 heterocycles. The third-order valence-electron chi connectivity index (χ3n) is 2.70. The number of benzene rings is 1. The maximum absolute atomic E-state index is 10.8. The molecule has 4 N–H and O–H groups in total. The Kier molecular flexibility index (Phi) is 4.99. The van der Waals surface area contributed by atoms with Gasteiger partial charge in [-0.15, -0.1) is 0 Å². The number of carbonyl (C=O) groups is 1. The zero-order chi connectivity index (χ0) is 13.9. The van der Waals surface area contributed by atoms with Crippen molar-refractivity contribution in [3.8, 4) is 5.75 Å². The lowest BCUT2D eigenvalue weighted by Gasteiger charge is -2.16. The van der Waals surface area contributed by atoms with E-state index in [4.69, 9.17) is 27.8 Å². The van der Waals surface area contributed by atoms with Gasteiger partial charge in [0.25, 0.3) is 0 Å². The van der Waals surface area contributed by atoms with Crippen LogP contribution in [0.2, 0.25) is 5.02 Å². The second kappa shape index (κ2) is 6.07. The Morgan fingerprint density at radius 3 is 2.56 bits per heavy atom. The van der Waals surface area contributed by atoms with Crippen molar-refractivity contribution in [3.63, 3.8) is 0 Å². The number of carbonyl (C=O) groups excluding carboxylic acids is 1. The zero-order valence-electron chi connectivity index (χ0n) is 10.9. The summed E-state index contributed by atoms with van der Waals surface area (Å²) >= 11 is 6.16. The van der Waals surface area contributed by atoms with Gasteiger partial charge in [0.1, 0.15) is 18.4 Å². The summed E-state index contributed by atoms with van der Waals surface area (Å²) in [6.07, 6.45) is 0. The van der Waals surface area contributed by atoms with Crippen molar-refractivity contribution >= 4 is 17.5 Å². The number of halogens is 1. The molecule has 1 aromatic rings. The number of rotatable bonds is 5. The van der Waals surface area contributed by atoms with Crippen molar-refractivity contribution < 1.29 is 9.53 Å². The van der Waals surface area contributed by atoms with Crippen LogP contribution in [0.5, 0.6) is 5.75 Å². The average molecular weight is 271 g/mol. The van der Waals surface area contributed by atoms with Crippen molar-refractivity contribution in [1.29, 1.82) is 0 Å². The average Bonchev–Trinajstić information content (AvgIpc) is 2.26. The van der Waals surface area contributed by atoms with Crippen LogP contribution < -0.4 is 16.2 Å². The van der Waals surface area contributed by atoms with Crippen molar-refractivity contribution in [3.05, 3.63) is 28.3 Å². The van der Waals surface area contributed by atoms with Gasteiger partial charge >= 0.3 is 0 Å². The number of aryl methyl sites for hydroxylation is 1. The van der Waals surface area contributed by atoms with E-state index in [1.807, 2.05) is 19.1 Å². The predicted octanol–water partition coefficient (Wildman–Crippen LogP) is 1.96. The van der Waals surface area contributed by atoms with Crippen LogP contribution in [0.15, 0.2) is 12.1 Å². The minimum Gasteiger partial charge on any atom is -0.491 e. The Hall–Kier alpha value is -1.26. The molecule has 18 heavy (non-hydrogen) atoms. The molecule has 4 nitrogen and oxygen atoms in total. The van der Waals surface area contributed by atoms with Crippen LogP contribution in [0.3, 0.4) is 0 Å². The number of nitrogens with two attached hydrogens (primary N) is 2. The minimum atomic E-state index is -0.803. The van der Waals surface area contributed by atoms with Crippen molar-refractivity contribution in [2.24, 2.45) is 11.5 Å². The predicted molar refractivity (Wildman–Crippen MR) is 72.9 cm³/mol. The molecule has 0 saturated carbocycles. The van der Waals surface area contributed by atoms with Crippen LogP contribution in [0.1, 0.15) is 30.9 Å². The first-order chi connectivity index (χ1) is 8.32. The molecule has 0 fully saturated rings. The summed E-state index contributed by atoms with van der Waals surface area (Å²) in [5.41, 5.74) is 12.5. The normalized spacial score (nSPS) is 12.6. The summed E-state index contributed by atoms with van der Waals surface area (Å²) in [6.45, 7) is 6.06. The maximum Gasteiger partial charge on any atom is 0.237 e. The molecule has 0 aliphatic carbocycles. The van der Waals surface area contributed by atoms with Crippen LogP contribution >= 0.6 is 11.6 Å². The summed E-state index contributed by atoms with van der Waals surface area (Å²) in [6, 6.07) is 2.93. The first kappa shape index (κ1) is 14.8. The largest absolute Gasteiger partial charge is 0.491 e. The van der Waals surface area contributed by atoms with Gasteiger partial charge in [-0.2, -0.15) is 0 Å². The van der Waals surface area contributed by atoms with Crippen molar-refractivity contribution in [2.45, 2.75) is 32.7 Å². The highest BCUT2D eigenvalue weighted by atomic mass is 35.5. The quantitative estimate of drug-likeness (QED) is 0.858. The van der Waals surface area contributed by atoms with E-state index in [-0.39, 0.29) is 6.61 Å².